The molecule has 1 heterocycles. The average molecular weight is 317 g/mol. The Balaban J connectivity index is 1.77. The Bertz CT molecular complexity index is 727. The lowest BCUT2D eigenvalue weighted by atomic mass is 10.3. The molecule has 0 radical (unpaired) electrons. The fourth-order valence-corrected chi connectivity index (χ4v) is 1.93. The summed E-state index contributed by atoms with van der Waals surface area (Å²) in [6.45, 7) is 2.28. The van der Waals surface area contributed by atoms with E-state index in [0.29, 0.717) is 30.2 Å². The molecule has 1 amide bonds. The number of carbonyl (C=O) groups excluding carboxylic acids is 1. The van der Waals surface area contributed by atoms with Gasteiger partial charge in [0.1, 0.15) is 11.5 Å². The van der Waals surface area contributed by atoms with Crippen LogP contribution in [0.1, 0.15) is 5.56 Å². The Morgan fingerprint density at radius 3 is 2.91 bits per heavy atom. The summed E-state index contributed by atoms with van der Waals surface area (Å²) in [5, 5.41) is 2.69. The summed E-state index contributed by atoms with van der Waals surface area (Å²) in [4.78, 5) is 27.5. The van der Waals surface area contributed by atoms with Crippen molar-refractivity contribution in [3.8, 4) is 11.5 Å². The van der Waals surface area contributed by atoms with Gasteiger partial charge in [-0.15, -0.1) is 0 Å². The first-order valence-electron chi connectivity index (χ1n) is 7.15. The molecule has 2 rings (SSSR count). The molecule has 0 fully saturated rings. The third-order valence-electron chi connectivity index (χ3n) is 3.16. The lowest BCUT2D eigenvalue weighted by Gasteiger charge is -2.09. The predicted octanol–water partition coefficient (Wildman–Crippen LogP) is 0.756. The zero-order valence-corrected chi connectivity index (χ0v) is 13.1. The summed E-state index contributed by atoms with van der Waals surface area (Å²) in [6, 6.07) is 7.02. The molecule has 23 heavy (non-hydrogen) atoms. The van der Waals surface area contributed by atoms with E-state index in [1.54, 1.807) is 38.3 Å². The van der Waals surface area contributed by atoms with E-state index in [1.165, 1.54) is 17.1 Å². The van der Waals surface area contributed by atoms with E-state index in [-0.39, 0.29) is 18.1 Å². The van der Waals surface area contributed by atoms with Crippen molar-refractivity contribution in [2.24, 2.45) is 0 Å². The Hall–Kier alpha value is -2.83. The third kappa shape index (κ3) is 4.84. The normalized spacial score (nSPS) is 10.2. The number of benzene rings is 1. The molecule has 0 aliphatic carbocycles. The second-order valence-corrected chi connectivity index (χ2v) is 4.89. The van der Waals surface area contributed by atoms with E-state index >= 15 is 0 Å². The molecule has 1 aromatic carbocycles. The van der Waals surface area contributed by atoms with Crippen molar-refractivity contribution in [2.45, 2.75) is 13.5 Å². The van der Waals surface area contributed by atoms with Crippen LogP contribution in [-0.2, 0) is 11.3 Å². The predicted molar refractivity (Wildman–Crippen MR) is 84.7 cm³/mol. The van der Waals surface area contributed by atoms with E-state index in [1.807, 2.05) is 0 Å². The van der Waals surface area contributed by atoms with Crippen molar-refractivity contribution in [2.75, 3.05) is 20.3 Å². The maximum atomic E-state index is 11.8. The summed E-state index contributed by atoms with van der Waals surface area (Å²) in [7, 11) is 1.56. The van der Waals surface area contributed by atoms with E-state index in [0.717, 1.165) is 0 Å². The maximum absolute atomic E-state index is 11.8. The number of nitrogens with one attached hydrogen (secondary N) is 1. The van der Waals surface area contributed by atoms with Crippen LogP contribution in [-0.4, -0.2) is 35.7 Å². The number of hydrogen-bond donors (Lipinski definition) is 1. The second-order valence-electron chi connectivity index (χ2n) is 4.89. The van der Waals surface area contributed by atoms with E-state index < -0.39 is 0 Å². The van der Waals surface area contributed by atoms with Gasteiger partial charge < -0.3 is 14.8 Å². The van der Waals surface area contributed by atoms with Crippen molar-refractivity contribution < 1.29 is 14.3 Å². The monoisotopic (exact) mass is 317 g/mol. The summed E-state index contributed by atoms with van der Waals surface area (Å²) in [5.74, 6) is 0.953. The van der Waals surface area contributed by atoms with Crippen LogP contribution in [0.2, 0.25) is 0 Å². The molecule has 0 aliphatic rings. The summed E-state index contributed by atoms with van der Waals surface area (Å²) in [6.07, 6.45) is 2.97. The fourth-order valence-electron chi connectivity index (χ4n) is 1.93. The number of ether oxygens (including phenoxy) is 2. The zero-order chi connectivity index (χ0) is 16.7. The van der Waals surface area contributed by atoms with Crippen LogP contribution in [0.15, 0.2) is 41.6 Å². The highest BCUT2D eigenvalue weighted by atomic mass is 16.5. The van der Waals surface area contributed by atoms with E-state index in [4.69, 9.17) is 9.47 Å². The van der Waals surface area contributed by atoms with Crippen molar-refractivity contribution in [1.29, 1.82) is 0 Å². The molecular formula is C16H19N3O4. The van der Waals surface area contributed by atoms with Crippen molar-refractivity contribution >= 4 is 5.91 Å². The number of aryl methyl sites for hydroxylation is 1. The number of hydrogen-bond acceptors (Lipinski definition) is 5. The van der Waals surface area contributed by atoms with Crippen molar-refractivity contribution in [3.05, 3.63) is 52.7 Å². The van der Waals surface area contributed by atoms with Crippen molar-refractivity contribution in [3.63, 3.8) is 0 Å². The highest BCUT2D eigenvalue weighted by Gasteiger charge is 2.04. The second kappa shape index (κ2) is 7.98. The molecule has 7 heteroatoms. The number of rotatable bonds is 7. The molecule has 0 saturated carbocycles. The average Bonchev–Trinajstić information content (AvgIpc) is 2.57. The van der Waals surface area contributed by atoms with Crippen LogP contribution in [0, 0.1) is 6.92 Å². The Morgan fingerprint density at radius 2 is 2.13 bits per heavy atom. The number of carbonyl (C=O) groups is 1. The number of methoxy groups -OCH3 is 1. The minimum atomic E-state index is -0.263. The Labute approximate surface area is 133 Å². The molecular weight excluding hydrogens is 298 g/mol. The molecule has 0 atom stereocenters. The van der Waals surface area contributed by atoms with Crippen LogP contribution in [0.25, 0.3) is 0 Å². The van der Waals surface area contributed by atoms with Gasteiger partial charge in [0.2, 0.25) is 0 Å². The van der Waals surface area contributed by atoms with Crippen LogP contribution in [0.5, 0.6) is 11.5 Å². The lowest BCUT2D eigenvalue weighted by molar-refractivity contribution is -0.123. The topological polar surface area (TPSA) is 82.4 Å². The summed E-state index contributed by atoms with van der Waals surface area (Å²) < 4.78 is 11.9. The van der Waals surface area contributed by atoms with Gasteiger partial charge in [-0.05, 0) is 19.1 Å². The molecule has 0 saturated heterocycles. The highest BCUT2D eigenvalue weighted by Crippen LogP contribution is 2.18. The smallest absolute Gasteiger partial charge is 0.258 e. The van der Waals surface area contributed by atoms with Crippen molar-refractivity contribution in [1.82, 2.24) is 14.9 Å². The quantitative estimate of drug-likeness (QED) is 0.815. The van der Waals surface area contributed by atoms with Gasteiger partial charge in [0.25, 0.3) is 11.5 Å². The highest BCUT2D eigenvalue weighted by molar-refractivity contribution is 5.77. The standard InChI is InChI=1S/C16H19N3O4/c1-12-9-17-11-19(16(12)21)7-6-18-15(20)10-23-14-5-3-4-13(8-14)22-2/h3-5,8-9,11H,6-7,10H2,1-2H3,(H,18,20). The summed E-state index contributed by atoms with van der Waals surface area (Å²) in [5.41, 5.74) is 0.460. The molecule has 1 N–H and O–H groups in total. The van der Waals surface area contributed by atoms with E-state index in [2.05, 4.69) is 10.3 Å². The van der Waals surface area contributed by atoms with Gasteiger partial charge in [0.15, 0.2) is 6.61 Å². The Kier molecular flexibility index (Phi) is 5.74. The first-order chi connectivity index (χ1) is 11.1. The van der Waals surface area contributed by atoms with Gasteiger partial charge in [0.05, 0.1) is 13.4 Å². The zero-order valence-electron chi connectivity index (χ0n) is 13.1. The first-order valence-corrected chi connectivity index (χ1v) is 7.15. The van der Waals surface area contributed by atoms with Gasteiger partial charge in [-0.3, -0.25) is 14.2 Å². The third-order valence-corrected chi connectivity index (χ3v) is 3.16. The largest absolute Gasteiger partial charge is 0.497 e. The first kappa shape index (κ1) is 16.5. The van der Waals surface area contributed by atoms with Crippen LogP contribution >= 0.6 is 0 Å². The molecule has 2 aromatic rings. The molecule has 7 nitrogen and oxygen atoms in total. The number of nitrogens with zero attached hydrogens (tertiary/aromatic N) is 2. The molecule has 0 bridgehead atoms. The van der Waals surface area contributed by atoms with Crippen LogP contribution < -0.4 is 20.3 Å². The van der Waals surface area contributed by atoms with E-state index in [9.17, 15) is 9.59 Å². The minimum absolute atomic E-state index is 0.103. The fraction of sp³-hybridized carbons (Fsp3) is 0.312. The van der Waals surface area contributed by atoms with Gasteiger partial charge in [-0.1, -0.05) is 6.07 Å². The molecule has 1 aromatic heterocycles. The van der Waals surface area contributed by atoms with Gasteiger partial charge >= 0.3 is 0 Å². The van der Waals surface area contributed by atoms with Gasteiger partial charge in [-0.2, -0.15) is 0 Å². The number of aromatic nitrogens is 2. The molecule has 0 aliphatic heterocycles. The van der Waals surface area contributed by atoms with Crippen LogP contribution in [0.3, 0.4) is 0 Å². The summed E-state index contributed by atoms with van der Waals surface area (Å²) >= 11 is 0. The molecule has 122 valence electrons. The van der Waals surface area contributed by atoms with Gasteiger partial charge in [0, 0.05) is 30.9 Å². The molecule has 0 spiro atoms. The SMILES string of the molecule is COc1cccc(OCC(=O)NCCn2cncc(C)c2=O)c1. The maximum Gasteiger partial charge on any atom is 0.258 e. The molecule has 0 unspecified atom stereocenters. The van der Waals surface area contributed by atoms with Crippen LogP contribution in [0.4, 0.5) is 0 Å². The number of amides is 1. The van der Waals surface area contributed by atoms with Gasteiger partial charge in [-0.25, -0.2) is 4.98 Å². The minimum Gasteiger partial charge on any atom is -0.497 e. The lowest BCUT2D eigenvalue weighted by Crippen LogP contribution is -2.34. The Morgan fingerprint density at radius 1 is 1.35 bits per heavy atom.